The molecule has 1 aromatic heterocycles. The highest BCUT2D eigenvalue weighted by molar-refractivity contribution is 7.10. The van der Waals surface area contributed by atoms with Gasteiger partial charge in [-0.15, -0.1) is 11.3 Å². The van der Waals surface area contributed by atoms with Crippen molar-refractivity contribution in [3.63, 3.8) is 0 Å². The molecule has 20 heavy (non-hydrogen) atoms. The Labute approximate surface area is 123 Å². The maximum Gasteiger partial charge on any atom is 0.328 e. The number of hydrogen-bond acceptors (Lipinski definition) is 4. The number of carboxylic acids is 1. The maximum absolute atomic E-state index is 10.5. The molecular weight excluding hydrogens is 274 g/mol. The Morgan fingerprint density at radius 3 is 3.20 bits per heavy atom. The second-order valence-corrected chi connectivity index (χ2v) is 6.29. The lowest BCUT2D eigenvalue weighted by atomic mass is 10.0. The number of thiophene rings is 1. The molecule has 1 saturated heterocycles. The van der Waals surface area contributed by atoms with Crippen molar-refractivity contribution in [3.05, 3.63) is 28.0 Å². The van der Waals surface area contributed by atoms with Crippen LogP contribution in [0.1, 0.15) is 23.3 Å². The summed E-state index contributed by atoms with van der Waals surface area (Å²) in [5.41, 5.74) is 0.960. The predicted octanol–water partition coefficient (Wildman–Crippen LogP) is 2.70. The molecule has 0 saturated carbocycles. The Balaban J connectivity index is 1.81. The lowest BCUT2D eigenvalue weighted by Gasteiger charge is -2.26. The highest BCUT2D eigenvalue weighted by Crippen LogP contribution is 2.20. The van der Waals surface area contributed by atoms with Crippen LogP contribution in [0.15, 0.2) is 17.5 Å². The average molecular weight is 295 g/mol. The summed E-state index contributed by atoms with van der Waals surface area (Å²) in [5.74, 6) is -0.271. The molecule has 1 atom stereocenters. The van der Waals surface area contributed by atoms with Crippen LogP contribution in [0, 0.1) is 5.92 Å². The van der Waals surface area contributed by atoms with Gasteiger partial charge in [-0.2, -0.15) is 0 Å². The van der Waals surface area contributed by atoms with Crippen molar-refractivity contribution in [2.45, 2.75) is 19.4 Å². The number of hydrogen-bond donors (Lipinski definition) is 1. The number of rotatable bonds is 6. The van der Waals surface area contributed by atoms with E-state index in [1.165, 1.54) is 23.8 Å². The van der Waals surface area contributed by atoms with Gasteiger partial charge in [0.1, 0.15) is 0 Å². The van der Waals surface area contributed by atoms with Crippen LogP contribution >= 0.6 is 11.3 Å². The van der Waals surface area contributed by atoms with Crippen molar-refractivity contribution in [3.8, 4) is 0 Å². The summed E-state index contributed by atoms with van der Waals surface area (Å²) in [5, 5.41) is 10.6. The summed E-state index contributed by atoms with van der Waals surface area (Å²) in [6.45, 7) is 3.74. The third-order valence-electron chi connectivity index (χ3n) is 3.34. The van der Waals surface area contributed by atoms with Gasteiger partial charge in [-0.25, -0.2) is 4.79 Å². The molecule has 0 spiro atoms. The molecule has 2 heterocycles. The van der Waals surface area contributed by atoms with E-state index in [4.69, 9.17) is 9.84 Å². The van der Waals surface area contributed by atoms with Gasteiger partial charge in [0.2, 0.25) is 0 Å². The van der Waals surface area contributed by atoms with Crippen LogP contribution in [0.2, 0.25) is 0 Å². The second-order valence-electron chi connectivity index (χ2n) is 5.30. The van der Waals surface area contributed by atoms with E-state index in [0.717, 1.165) is 31.9 Å². The summed E-state index contributed by atoms with van der Waals surface area (Å²) >= 11 is 1.67. The van der Waals surface area contributed by atoms with Crippen molar-refractivity contribution >= 4 is 23.4 Å². The lowest BCUT2D eigenvalue weighted by Crippen LogP contribution is -2.30. The third kappa shape index (κ3) is 5.07. The van der Waals surface area contributed by atoms with Gasteiger partial charge in [0, 0.05) is 30.6 Å². The van der Waals surface area contributed by atoms with E-state index in [0.29, 0.717) is 5.92 Å². The van der Waals surface area contributed by atoms with Gasteiger partial charge in [-0.3, -0.25) is 0 Å². The third-order valence-corrected chi connectivity index (χ3v) is 4.28. The molecule has 2 rings (SSSR count). The molecule has 110 valence electrons. The van der Waals surface area contributed by atoms with E-state index in [9.17, 15) is 4.79 Å². The standard InChI is InChI=1S/C15H21NO3S/c1-16(8-13-3-2-6-19-10-13)9-14-7-12(11-20-14)4-5-15(17)18/h4-5,7,11,13H,2-3,6,8-10H2,1H3,(H,17,18). The second kappa shape index (κ2) is 7.57. The number of aliphatic carboxylic acids is 1. The Bertz CT molecular complexity index is 463. The molecule has 0 amide bonds. The molecule has 1 unspecified atom stereocenters. The predicted molar refractivity (Wildman–Crippen MR) is 80.9 cm³/mol. The van der Waals surface area contributed by atoms with Crippen molar-refractivity contribution in [1.29, 1.82) is 0 Å². The number of nitrogens with zero attached hydrogens (tertiary/aromatic N) is 1. The zero-order valence-electron chi connectivity index (χ0n) is 11.7. The Morgan fingerprint density at radius 1 is 1.65 bits per heavy atom. The van der Waals surface area contributed by atoms with Gasteiger partial charge in [0.05, 0.1) is 6.61 Å². The minimum absolute atomic E-state index is 0.639. The van der Waals surface area contributed by atoms with E-state index in [-0.39, 0.29) is 0 Å². The van der Waals surface area contributed by atoms with Gasteiger partial charge in [-0.05, 0) is 48.9 Å². The smallest absolute Gasteiger partial charge is 0.328 e. The topological polar surface area (TPSA) is 49.8 Å². The summed E-state index contributed by atoms with van der Waals surface area (Å²) < 4.78 is 5.50. The highest BCUT2D eigenvalue weighted by atomic mass is 32.1. The fourth-order valence-corrected chi connectivity index (χ4v) is 3.39. The maximum atomic E-state index is 10.5. The van der Waals surface area contributed by atoms with Crippen LogP contribution in [0.3, 0.4) is 0 Å². The molecule has 1 aliphatic rings. The van der Waals surface area contributed by atoms with E-state index in [1.54, 1.807) is 17.4 Å². The molecule has 5 heteroatoms. The Morgan fingerprint density at radius 2 is 2.50 bits per heavy atom. The van der Waals surface area contributed by atoms with Gasteiger partial charge < -0.3 is 14.7 Å². The van der Waals surface area contributed by atoms with Crippen molar-refractivity contribution in [2.75, 3.05) is 26.8 Å². The first-order valence-corrected chi connectivity index (χ1v) is 7.76. The first-order valence-electron chi connectivity index (χ1n) is 6.88. The number of carboxylic acid groups (broad SMARTS) is 1. The molecule has 0 aromatic carbocycles. The van der Waals surface area contributed by atoms with Crippen LogP contribution in [0.4, 0.5) is 0 Å². The monoisotopic (exact) mass is 295 g/mol. The zero-order chi connectivity index (χ0) is 14.4. The van der Waals surface area contributed by atoms with Crippen LogP contribution in [-0.2, 0) is 16.1 Å². The Hall–Kier alpha value is -1.17. The molecular formula is C15H21NO3S. The normalized spacial score (nSPS) is 19.8. The average Bonchev–Trinajstić information content (AvgIpc) is 2.85. The summed E-state index contributed by atoms with van der Waals surface area (Å²) in [6, 6.07) is 2.05. The fraction of sp³-hybridized carbons (Fsp3) is 0.533. The van der Waals surface area contributed by atoms with Crippen LogP contribution in [0.25, 0.3) is 6.08 Å². The summed E-state index contributed by atoms with van der Waals surface area (Å²) in [4.78, 5) is 14.0. The van der Waals surface area contributed by atoms with Crippen LogP contribution in [-0.4, -0.2) is 42.8 Å². The lowest BCUT2D eigenvalue weighted by molar-refractivity contribution is -0.131. The van der Waals surface area contributed by atoms with E-state index in [1.807, 2.05) is 5.38 Å². The molecule has 1 aliphatic heterocycles. The van der Waals surface area contributed by atoms with Gasteiger partial charge in [-0.1, -0.05) is 0 Å². The van der Waals surface area contributed by atoms with Crippen molar-refractivity contribution in [1.82, 2.24) is 4.90 Å². The van der Waals surface area contributed by atoms with Gasteiger partial charge >= 0.3 is 5.97 Å². The summed E-state index contributed by atoms with van der Waals surface area (Å²) in [7, 11) is 2.13. The summed E-state index contributed by atoms with van der Waals surface area (Å²) in [6.07, 6.45) is 5.23. The largest absolute Gasteiger partial charge is 0.478 e. The molecule has 1 fully saturated rings. The zero-order valence-corrected chi connectivity index (χ0v) is 12.6. The van der Waals surface area contributed by atoms with E-state index in [2.05, 4.69) is 18.0 Å². The van der Waals surface area contributed by atoms with E-state index >= 15 is 0 Å². The first kappa shape index (κ1) is 15.2. The Kier molecular flexibility index (Phi) is 5.76. The molecule has 0 radical (unpaired) electrons. The van der Waals surface area contributed by atoms with Crippen molar-refractivity contribution in [2.24, 2.45) is 5.92 Å². The SMILES string of the molecule is CN(Cc1cc(C=CC(=O)O)cs1)CC1CCCOC1. The first-order chi connectivity index (χ1) is 9.63. The van der Waals surface area contributed by atoms with E-state index < -0.39 is 5.97 Å². The van der Waals surface area contributed by atoms with Crippen molar-refractivity contribution < 1.29 is 14.6 Å². The molecule has 4 nitrogen and oxygen atoms in total. The molecule has 0 aliphatic carbocycles. The molecule has 1 aromatic rings. The molecule has 1 N–H and O–H groups in total. The minimum Gasteiger partial charge on any atom is -0.478 e. The van der Waals surface area contributed by atoms with Gasteiger partial charge in [0.15, 0.2) is 0 Å². The quantitative estimate of drug-likeness (QED) is 0.820. The number of carbonyl (C=O) groups is 1. The highest BCUT2D eigenvalue weighted by Gasteiger charge is 2.16. The molecule has 0 bridgehead atoms. The fourth-order valence-electron chi connectivity index (χ4n) is 2.46. The van der Waals surface area contributed by atoms with Gasteiger partial charge in [0.25, 0.3) is 0 Å². The van der Waals surface area contributed by atoms with Crippen LogP contribution in [0.5, 0.6) is 0 Å². The minimum atomic E-state index is -0.910. The van der Waals surface area contributed by atoms with Crippen LogP contribution < -0.4 is 0 Å². The number of ether oxygens (including phenoxy) is 1.